The van der Waals surface area contributed by atoms with Gasteiger partial charge in [-0.3, -0.25) is 20.1 Å². The minimum absolute atomic E-state index is 0.0344. The number of aliphatic imine (C=N–C) groups is 1. The van der Waals surface area contributed by atoms with Crippen LogP contribution in [0.5, 0.6) is 0 Å². The fraction of sp³-hybridized carbons (Fsp3) is 0.136. The number of anilines is 1. The topological polar surface area (TPSA) is 144 Å². The molecule has 0 fully saturated rings. The molecule has 0 aliphatic carbocycles. The van der Waals surface area contributed by atoms with Gasteiger partial charge < -0.3 is 10.4 Å². The van der Waals surface area contributed by atoms with Gasteiger partial charge in [0, 0.05) is 35.6 Å². The molecular formula is C22H15Cl3N6O4. The first kappa shape index (κ1) is 24.5. The minimum atomic E-state index is -1.25. The zero-order valence-corrected chi connectivity index (χ0v) is 19.9. The molecule has 4 rings (SSSR count). The molecule has 2 N–H and O–H groups in total. The summed E-state index contributed by atoms with van der Waals surface area (Å²) in [5.41, 5.74) is -0.335. The van der Waals surface area contributed by atoms with E-state index in [0.717, 1.165) is 6.20 Å². The van der Waals surface area contributed by atoms with Crippen LogP contribution >= 0.6 is 34.8 Å². The van der Waals surface area contributed by atoms with Crippen LogP contribution in [0.15, 0.2) is 53.8 Å². The summed E-state index contributed by atoms with van der Waals surface area (Å²) < 4.78 is 0. The monoisotopic (exact) mass is 532 g/mol. The van der Waals surface area contributed by atoms with E-state index >= 15 is 0 Å². The molecule has 13 heteroatoms. The molecule has 10 nitrogen and oxygen atoms in total. The molecule has 0 spiro atoms. The van der Waals surface area contributed by atoms with Gasteiger partial charge in [0.05, 0.1) is 26.4 Å². The molecule has 0 radical (unpaired) electrons. The molecular weight excluding hydrogens is 519 g/mol. The summed E-state index contributed by atoms with van der Waals surface area (Å²) in [5.74, 6) is -1.10. The van der Waals surface area contributed by atoms with E-state index in [4.69, 9.17) is 34.8 Å². The maximum absolute atomic E-state index is 11.8. The molecule has 178 valence electrons. The number of hydrogen-bond donors (Lipinski definition) is 2. The Kier molecular flexibility index (Phi) is 6.97. The molecule has 0 amide bonds. The van der Waals surface area contributed by atoms with Crippen molar-refractivity contribution >= 4 is 58.6 Å². The van der Waals surface area contributed by atoms with Crippen LogP contribution in [0, 0.1) is 10.1 Å². The maximum atomic E-state index is 11.8. The molecule has 1 atom stereocenters. The Labute approximate surface area is 213 Å². The van der Waals surface area contributed by atoms with Crippen LogP contribution in [0.1, 0.15) is 22.5 Å². The van der Waals surface area contributed by atoms with Gasteiger partial charge in [0.25, 0.3) is 5.69 Å². The molecule has 0 saturated heterocycles. The van der Waals surface area contributed by atoms with E-state index in [0.29, 0.717) is 23.7 Å². The Bertz CT molecular complexity index is 1340. The van der Waals surface area contributed by atoms with E-state index in [1.54, 1.807) is 18.4 Å². The number of hydrogen-bond acceptors (Lipinski definition) is 8. The SMILES string of the molecule is O=C(O)c1cnc(NCCC2(c3ccc([N+](=O)[O-])cn3)C=CC=N2)nc1-c1c(Cl)cc(Cl)cc1Cl. The average molecular weight is 534 g/mol. The third-order valence-corrected chi connectivity index (χ3v) is 6.03. The van der Waals surface area contributed by atoms with Gasteiger partial charge in [0.1, 0.15) is 17.3 Å². The fourth-order valence-corrected chi connectivity index (χ4v) is 4.54. The number of aromatic nitrogens is 3. The van der Waals surface area contributed by atoms with E-state index in [1.165, 1.54) is 24.4 Å². The fourth-order valence-electron chi connectivity index (χ4n) is 3.55. The van der Waals surface area contributed by atoms with Gasteiger partial charge in [-0.25, -0.2) is 14.8 Å². The van der Waals surface area contributed by atoms with Crippen LogP contribution in [0.3, 0.4) is 0 Å². The van der Waals surface area contributed by atoms with Crippen LogP contribution in [0.25, 0.3) is 11.3 Å². The third kappa shape index (κ3) is 5.09. The number of carboxylic acids is 1. The largest absolute Gasteiger partial charge is 0.478 e. The number of benzene rings is 1. The highest BCUT2D eigenvalue weighted by molar-refractivity contribution is 6.42. The first-order chi connectivity index (χ1) is 16.7. The smallest absolute Gasteiger partial charge is 0.339 e. The summed E-state index contributed by atoms with van der Waals surface area (Å²) in [6, 6.07) is 5.82. The second kappa shape index (κ2) is 9.95. The standard InChI is InChI=1S/C22H15Cl3N6O4/c23-12-8-15(24)18(16(25)9-12)19-14(20(32)33)11-28-21(30-19)26-7-5-22(4-1-6-29-22)17-3-2-13(10-27-17)31(34)35/h1-4,6,8-11H,5,7H2,(H,32,33)(H,26,28,30). The predicted molar refractivity (Wildman–Crippen MR) is 133 cm³/mol. The molecule has 0 saturated carbocycles. The van der Waals surface area contributed by atoms with Crippen LogP contribution in [0.4, 0.5) is 11.6 Å². The Morgan fingerprint density at radius 1 is 1.14 bits per heavy atom. The number of halogens is 3. The molecule has 1 unspecified atom stereocenters. The van der Waals surface area contributed by atoms with Crippen LogP contribution in [-0.2, 0) is 5.54 Å². The second-order valence-corrected chi connectivity index (χ2v) is 8.65. The van der Waals surface area contributed by atoms with E-state index < -0.39 is 16.4 Å². The minimum Gasteiger partial charge on any atom is -0.478 e. The molecule has 3 heterocycles. The second-order valence-electron chi connectivity index (χ2n) is 7.40. The van der Waals surface area contributed by atoms with E-state index in [-0.39, 0.29) is 38.5 Å². The Balaban J connectivity index is 1.59. The Morgan fingerprint density at radius 3 is 2.46 bits per heavy atom. The molecule has 0 bridgehead atoms. The zero-order valence-electron chi connectivity index (χ0n) is 17.7. The highest BCUT2D eigenvalue weighted by Gasteiger charge is 2.32. The lowest BCUT2D eigenvalue weighted by atomic mass is 9.92. The van der Waals surface area contributed by atoms with Crippen molar-refractivity contribution in [1.82, 2.24) is 15.0 Å². The van der Waals surface area contributed by atoms with E-state index in [9.17, 15) is 20.0 Å². The van der Waals surface area contributed by atoms with Gasteiger partial charge in [-0.2, -0.15) is 0 Å². The quantitative estimate of drug-likeness (QED) is 0.287. The summed E-state index contributed by atoms with van der Waals surface area (Å²) in [6.07, 6.45) is 8.00. The number of pyridine rings is 1. The van der Waals surface area contributed by atoms with Crippen molar-refractivity contribution < 1.29 is 14.8 Å². The molecule has 3 aromatic rings. The lowest BCUT2D eigenvalue weighted by molar-refractivity contribution is -0.385. The number of allylic oxidation sites excluding steroid dienone is 1. The third-order valence-electron chi connectivity index (χ3n) is 5.22. The number of carbonyl (C=O) groups is 1. The van der Waals surface area contributed by atoms with Crippen molar-refractivity contribution in [2.45, 2.75) is 12.0 Å². The van der Waals surface area contributed by atoms with Crippen molar-refractivity contribution in [1.29, 1.82) is 0 Å². The molecule has 1 aliphatic heterocycles. The van der Waals surface area contributed by atoms with Gasteiger partial charge in [-0.05, 0) is 36.8 Å². The number of aromatic carboxylic acids is 1. The maximum Gasteiger partial charge on any atom is 0.339 e. The van der Waals surface area contributed by atoms with Crippen LogP contribution < -0.4 is 5.32 Å². The summed E-state index contributed by atoms with van der Waals surface area (Å²) >= 11 is 18.6. The summed E-state index contributed by atoms with van der Waals surface area (Å²) in [5, 5.41) is 24.2. The van der Waals surface area contributed by atoms with Crippen molar-refractivity contribution in [3.8, 4) is 11.3 Å². The number of carboxylic acid groups (broad SMARTS) is 1. The summed E-state index contributed by atoms with van der Waals surface area (Å²) in [4.78, 5) is 39.3. The van der Waals surface area contributed by atoms with Gasteiger partial charge in [-0.1, -0.05) is 34.8 Å². The first-order valence-electron chi connectivity index (χ1n) is 10.0. The van der Waals surface area contributed by atoms with Gasteiger partial charge in [0.15, 0.2) is 0 Å². The van der Waals surface area contributed by atoms with E-state index in [2.05, 4.69) is 25.3 Å². The number of rotatable bonds is 8. The number of nitrogens with zero attached hydrogens (tertiary/aromatic N) is 5. The highest BCUT2D eigenvalue weighted by atomic mass is 35.5. The van der Waals surface area contributed by atoms with Gasteiger partial charge in [-0.15, -0.1) is 0 Å². The zero-order chi connectivity index (χ0) is 25.2. The van der Waals surface area contributed by atoms with Crippen molar-refractivity contribution in [2.24, 2.45) is 4.99 Å². The average Bonchev–Trinajstić information content (AvgIpc) is 3.28. The van der Waals surface area contributed by atoms with Crippen molar-refractivity contribution in [3.05, 3.63) is 85.3 Å². The van der Waals surface area contributed by atoms with Gasteiger partial charge in [0.2, 0.25) is 5.95 Å². The number of nitrogens with one attached hydrogen (secondary N) is 1. The lowest BCUT2D eigenvalue weighted by Gasteiger charge is -2.23. The van der Waals surface area contributed by atoms with Crippen molar-refractivity contribution in [3.63, 3.8) is 0 Å². The Hall–Kier alpha value is -3.60. The predicted octanol–water partition coefficient (Wildman–Crippen LogP) is 5.44. The normalized spacial score (nSPS) is 16.4. The molecule has 1 aromatic carbocycles. The molecule has 35 heavy (non-hydrogen) atoms. The number of nitro groups is 1. The van der Waals surface area contributed by atoms with E-state index in [1.807, 2.05) is 6.08 Å². The van der Waals surface area contributed by atoms with Crippen molar-refractivity contribution in [2.75, 3.05) is 11.9 Å². The van der Waals surface area contributed by atoms with Gasteiger partial charge >= 0.3 is 5.97 Å². The summed E-state index contributed by atoms with van der Waals surface area (Å²) in [6.45, 7) is 0.314. The first-order valence-corrected chi connectivity index (χ1v) is 11.2. The molecule has 2 aromatic heterocycles. The molecule has 1 aliphatic rings. The van der Waals surface area contributed by atoms with Crippen LogP contribution in [-0.4, -0.2) is 43.7 Å². The van der Waals surface area contributed by atoms with Crippen LogP contribution in [0.2, 0.25) is 15.1 Å². The lowest BCUT2D eigenvalue weighted by Crippen LogP contribution is -2.25. The highest BCUT2D eigenvalue weighted by Crippen LogP contribution is 2.38. The summed E-state index contributed by atoms with van der Waals surface area (Å²) in [7, 11) is 0. The Morgan fingerprint density at radius 2 is 1.89 bits per heavy atom.